The minimum Gasteiger partial charge on any atom is -0.484 e. The van der Waals surface area contributed by atoms with E-state index in [0.29, 0.717) is 5.75 Å². The van der Waals surface area contributed by atoms with Gasteiger partial charge < -0.3 is 15.0 Å². The van der Waals surface area contributed by atoms with Gasteiger partial charge in [-0.2, -0.15) is 0 Å². The molecule has 1 aromatic carbocycles. The van der Waals surface area contributed by atoms with E-state index in [4.69, 9.17) is 11.3 Å². The first-order valence-corrected chi connectivity index (χ1v) is 6.06. The molecule has 0 unspecified atom stereocenters. The molecule has 0 saturated carbocycles. The van der Waals surface area contributed by atoms with Crippen molar-refractivity contribution in [2.45, 2.75) is 0 Å². The third kappa shape index (κ3) is 3.34. The van der Waals surface area contributed by atoms with Crippen LogP contribution in [0.25, 0.3) is 6.08 Å². The minimum absolute atomic E-state index is 0.0265. The average Bonchev–Trinajstić information content (AvgIpc) is 2.46. The molecule has 1 aliphatic rings. The Morgan fingerprint density at radius 2 is 2.22 bits per heavy atom. The lowest BCUT2D eigenvalue weighted by Crippen LogP contribution is -2.47. The first kappa shape index (κ1) is 12.6. The minimum atomic E-state index is 0.0265. The van der Waals surface area contributed by atoms with Gasteiger partial charge in [0.25, 0.3) is 5.91 Å². The highest BCUT2D eigenvalue weighted by atomic mass is 16.5. The zero-order valence-corrected chi connectivity index (χ0v) is 10.3. The highest BCUT2D eigenvalue weighted by Crippen LogP contribution is 2.14. The van der Waals surface area contributed by atoms with Crippen LogP contribution in [0, 0.1) is 6.58 Å². The third-order valence-corrected chi connectivity index (χ3v) is 2.88. The number of nitrogens with zero attached hydrogens (tertiary/aromatic N) is 1. The largest absolute Gasteiger partial charge is 0.484 e. The normalized spacial score (nSPS) is 15.2. The van der Waals surface area contributed by atoms with E-state index in [9.17, 15) is 4.79 Å². The number of nitrogens with one attached hydrogen (secondary N) is 1. The molecule has 1 fully saturated rings. The summed E-state index contributed by atoms with van der Waals surface area (Å²) in [6, 6.07) is 7.36. The summed E-state index contributed by atoms with van der Waals surface area (Å²) in [6.07, 6.45) is 1.50. The summed E-state index contributed by atoms with van der Waals surface area (Å²) in [5, 5.41) is 3.21. The number of carbonyl (C=O) groups is 1. The van der Waals surface area contributed by atoms with Crippen molar-refractivity contribution in [1.29, 1.82) is 0 Å². The Kier molecular flexibility index (Phi) is 4.36. The molecule has 4 heteroatoms. The Bertz CT molecular complexity index is 426. The molecule has 1 heterocycles. The predicted molar refractivity (Wildman–Crippen MR) is 70.2 cm³/mol. The van der Waals surface area contributed by atoms with Crippen molar-refractivity contribution in [3.63, 3.8) is 0 Å². The highest BCUT2D eigenvalue weighted by Gasteiger charge is 2.16. The Morgan fingerprint density at radius 3 is 2.94 bits per heavy atom. The summed E-state index contributed by atoms with van der Waals surface area (Å²) in [5.41, 5.74) is 0.877. The van der Waals surface area contributed by atoms with Gasteiger partial charge in [0.05, 0.1) is 0 Å². The Balaban J connectivity index is 1.86. The average molecular weight is 245 g/mol. The van der Waals surface area contributed by atoms with Crippen molar-refractivity contribution >= 4 is 12.0 Å². The van der Waals surface area contributed by atoms with Crippen LogP contribution in [0.2, 0.25) is 0 Å². The molecule has 0 atom stereocenters. The third-order valence-electron chi connectivity index (χ3n) is 2.88. The first-order chi connectivity index (χ1) is 8.79. The van der Waals surface area contributed by atoms with E-state index >= 15 is 0 Å². The van der Waals surface area contributed by atoms with E-state index in [1.165, 1.54) is 6.08 Å². The van der Waals surface area contributed by atoms with Gasteiger partial charge in [-0.05, 0) is 17.7 Å². The summed E-state index contributed by atoms with van der Waals surface area (Å²) in [5.74, 6) is 0.691. The molecule has 4 nitrogen and oxygen atoms in total. The lowest BCUT2D eigenvalue weighted by atomic mass is 10.2. The van der Waals surface area contributed by atoms with E-state index in [2.05, 4.69) is 5.32 Å². The van der Waals surface area contributed by atoms with Gasteiger partial charge >= 0.3 is 0 Å². The van der Waals surface area contributed by atoms with Crippen LogP contribution in [-0.2, 0) is 4.79 Å². The molecular formula is C14H17N2O2. The highest BCUT2D eigenvalue weighted by molar-refractivity contribution is 5.77. The fourth-order valence-electron chi connectivity index (χ4n) is 1.86. The zero-order chi connectivity index (χ0) is 12.8. The molecular weight excluding hydrogens is 228 g/mol. The quantitative estimate of drug-likeness (QED) is 0.858. The number of piperazine rings is 1. The Hall–Kier alpha value is -1.81. The van der Waals surface area contributed by atoms with Crippen LogP contribution in [0.4, 0.5) is 0 Å². The van der Waals surface area contributed by atoms with Gasteiger partial charge in [0.2, 0.25) is 0 Å². The van der Waals surface area contributed by atoms with Crippen LogP contribution in [0.15, 0.2) is 24.3 Å². The lowest BCUT2D eigenvalue weighted by molar-refractivity contribution is -0.133. The maximum Gasteiger partial charge on any atom is 0.260 e. The van der Waals surface area contributed by atoms with Gasteiger partial charge in [0.15, 0.2) is 6.61 Å². The van der Waals surface area contributed by atoms with Crippen LogP contribution in [-0.4, -0.2) is 43.6 Å². The fourth-order valence-corrected chi connectivity index (χ4v) is 1.86. The van der Waals surface area contributed by atoms with Crippen LogP contribution in [0.5, 0.6) is 5.75 Å². The zero-order valence-electron chi connectivity index (χ0n) is 10.3. The first-order valence-electron chi connectivity index (χ1n) is 6.06. The van der Waals surface area contributed by atoms with E-state index < -0.39 is 0 Å². The molecule has 0 aromatic heterocycles. The molecule has 0 bridgehead atoms. The summed E-state index contributed by atoms with van der Waals surface area (Å²) >= 11 is 0. The number of hydrogen-bond acceptors (Lipinski definition) is 3. The number of rotatable bonds is 4. The predicted octanol–water partition coefficient (Wildman–Crippen LogP) is 0.943. The molecule has 2 rings (SSSR count). The smallest absolute Gasteiger partial charge is 0.260 e. The van der Waals surface area contributed by atoms with Gasteiger partial charge in [-0.1, -0.05) is 24.8 Å². The standard InChI is InChI=1S/C14H17N2O2/c1-2-12-4-3-5-13(10-12)18-11-14(17)16-8-6-15-7-9-16/h1-5,10,15H,6-9,11H2. The summed E-state index contributed by atoms with van der Waals surface area (Å²) in [6.45, 7) is 8.71. The number of ether oxygens (including phenoxy) is 1. The van der Waals surface area contributed by atoms with Crippen LogP contribution in [0.3, 0.4) is 0 Å². The van der Waals surface area contributed by atoms with E-state index in [-0.39, 0.29) is 12.5 Å². The van der Waals surface area contributed by atoms with Crippen molar-refractivity contribution in [2.24, 2.45) is 0 Å². The fraction of sp³-hybridized carbons (Fsp3) is 0.357. The molecule has 95 valence electrons. The molecule has 0 spiro atoms. The molecule has 0 aliphatic carbocycles. The molecule has 1 aliphatic heterocycles. The molecule has 1 amide bonds. The van der Waals surface area contributed by atoms with Crippen molar-refractivity contribution in [2.75, 3.05) is 32.8 Å². The monoisotopic (exact) mass is 245 g/mol. The molecule has 1 radical (unpaired) electrons. The number of hydrogen-bond donors (Lipinski definition) is 1. The molecule has 18 heavy (non-hydrogen) atoms. The van der Waals surface area contributed by atoms with Gasteiger partial charge in [0.1, 0.15) is 5.75 Å². The van der Waals surface area contributed by atoms with Crippen molar-refractivity contribution in [3.8, 4) is 5.75 Å². The van der Waals surface area contributed by atoms with Crippen molar-refractivity contribution < 1.29 is 9.53 Å². The van der Waals surface area contributed by atoms with E-state index in [1.54, 1.807) is 0 Å². The second-order valence-electron chi connectivity index (χ2n) is 4.16. The summed E-state index contributed by atoms with van der Waals surface area (Å²) in [7, 11) is 0. The summed E-state index contributed by atoms with van der Waals surface area (Å²) in [4.78, 5) is 13.7. The number of carbonyl (C=O) groups excluding carboxylic acids is 1. The van der Waals surface area contributed by atoms with E-state index in [1.807, 2.05) is 29.2 Å². The lowest BCUT2D eigenvalue weighted by Gasteiger charge is -2.27. The van der Waals surface area contributed by atoms with Gasteiger partial charge in [-0.25, -0.2) is 0 Å². The maximum atomic E-state index is 11.9. The molecule has 1 aromatic rings. The number of benzene rings is 1. The van der Waals surface area contributed by atoms with Gasteiger partial charge in [0, 0.05) is 26.2 Å². The van der Waals surface area contributed by atoms with Gasteiger partial charge in [-0.3, -0.25) is 4.79 Å². The van der Waals surface area contributed by atoms with Crippen molar-refractivity contribution in [3.05, 3.63) is 36.4 Å². The Labute approximate surface area is 107 Å². The van der Waals surface area contributed by atoms with E-state index in [0.717, 1.165) is 31.7 Å². The SMILES string of the molecule is [CH]=Cc1cccc(OCC(=O)N2CCNCC2)c1. The number of amides is 1. The van der Waals surface area contributed by atoms with Crippen LogP contribution in [0.1, 0.15) is 5.56 Å². The molecule has 1 saturated heterocycles. The van der Waals surface area contributed by atoms with Crippen LogP contribution < -0.4 is 10.1 Å². The Morgan fingerprint density at radius 1 is 1.44 bits per heavy atom. The summed E-state index contributed by atoms with van der Waals surface area (Å²) < 4.78 is 5.48. The second kappa shape index (κ2) is 6.21. The second-order valence-corrected chi connectivity index (χ2v) is 4.16. The van der Waals surface area contributed by atoms with Crippen LogP contribution >= 0.6 is 0 Å². The molecule has 1 N–H and O–H groups in total. The maximum absolute atomic E-state index is 11.9. The van der Waals surface area contributed by atoms with Gasteiger partial charge in [-0.15, -0.1) is 0 Å². The topological polar surface area (TPSA) is 41.6 Å². The van der Waals surface area contributed by atoms with Crippen molar-refractivity contribution in [1.82, 2.24) is 10.2 Å².